The first-order chi connectivity index (χ1) is 11.2. The molecule has 3 atom stereocenters. The molecule has 0 spiro atoms. The lowest BCUT2D eigenvalue weighted by atomic mass is 9.90. The van der Waals surface area contributed by atoms with Crippen LogP contribution in [0.15, 0.2) is 25.3 Å². The van der Waals surface area contributed by atoms with Crippen molar-refractivity contribution in [1.82, 2.24) is 0 Å². The summed E-state index contributed by atoms with van der Waals surface area (Å²) in [6, 6.07) is 0. The number of hydrogen-bond donors (Lipinski definition) is 0. The third-order valence-electron chi connectivity index (χ3n) is 4.97. The molecule has 0 aliphatic heterocycles. The van der Waals surface area contributed by atoms with Crippen molar-refractivity contribution in [2.75, 3.05) is 0 Å². The van der Waals surface area contributed by atoms with E-state index in [0.29, 0.717) is 12.3 Å². The Kier molecular flexibility index (Phi) is 15.9. The number of hydrogen-bond acceptors (Lipinski definition) is 0. The first-order valence-corrected chi connectivity index (χ1v) is 10.1. The summed E-state index contributed by atoms with van der Waals surface area (Å²) in [5.74, 6) is 0.707. The average Bonchev–Trinajstić information content (AvgIpc) is 2.56. The van der Waals surface area contributed by atoms with Crippen LogP contribution in [0.3, 0.4) is 0 Å². The quantitative estimate of drug-likeness (QED) is 0.187. The van der Waals surface area contributed by atoms with E-state index >= 15 is 0 Å². The van der Waals surface area contributed by atoms with Gasteiger partial charge in [-0.3, -0.25) is 0 Å². The van der Waals surface area contributed by atoms with E-state index in [-0.39, 0.29) is 5.92 Å². The van der Waals surface area contributed by atoms with Gasteiger partial charge >= 0.3 is 0 Å². The molecule has 0 saturated carbocycles. The number of alkyl halides is 1. The average molecular weight is 325 g/mol. The molecule has 0 aliphatic rings. The highest BCUT2D eigenvalue weighted by Gasteiger charge is 2.17. The second-order valence-electron chi connectivity index (χ2n) is 7.04. The van der Waals surface area contributed by atoms with Crippen LogP contribution in [0, 0.1) is 11.8 Å². The molecule has 0 bridgehead atoms. The van der Waals surface area contributed by atoms with Crippen LogP contribution in [0.5, 0.6) is 0 Å². The highest BCUT2D eigenvalue weighted by Crippen LogP contribution is 2.24. The van der Waals surface area contributed by atoms with Crippen molar-refractivity contribution in [3.05, 3.63) is 25.3 Å². The fourth-order valence-corrected chi connectivity index (χ4v) is 3.25. The van der Waals surface area contributed by atoms with E-state index in [9.17, 15) is 4.39 Å². The van der Waals surface area contributed by atoms with Crippen LogP contribution < -0.4 is 0 Å². The summed E-state index contributed by atoms with van der Waals surface area (Å²) in [5.41, 5.74) is 0. The van der Waals surface area contributed by atoms with Gasteiger partial charge < -0.3 is 0 Å². The van der Waals surface area contributed by atoms with Gasteiger partial charge in [0.15, 0.2) is 0 Å². The van der Waals surface area contributed by atoms with E-state index in [4.69, 9.17) is 0 Å². The number of unbranched alkanes of at least 4 members (excludes halogenated alkanes) is 6. The van der Waals surface area contributed by atoms with Gasteiger partial charge in [-0.1, -0.05) is 83.8 Å². The maximum Gasteiger partial charge on any atom is 0.106 e. The van der Waals surface area contributed by atoms with Crippen molar-refractivity contribution in [1.29, 1.82) is 0 Å². The van der Waals surface area contributed by atoms with Crippen molar-refractivity contribution in [2.45, 2.75) is 103 Å². The molecule has 0 heterocycles. The Labute approximate surface area is 145 Å². The molecule has 0 aromatic heterocycles. The third-order valence-corrected chi connectivity index (χ3v) is 4.97. The van der Waals surface area contributed by atoms with Crippen LogP contribution >= 0.6 is 0 Å². The zero-order valence-electron chi connectivity index (χ0n) is 15.9. The predicted molar refractivity (Wildman–Crippen MR) is 104 cm³/mol. The maximum absolute atomic E-state index is 14.2. The van der Waals surface area contributed by atoms with Crippen molar-refractivity contribution in [3.8, 4) is 0 Å². The molecule has 0 radical (unpaired) electrons. The molecule has 0 N–H and O–H groups in total. The Hall–Kier alpha value is -0.590. The summed E-state index contributed by atoms with van der Waals surface area (Å²) in [6.45, 7) is 12.2. The Morgan fingerprint density at radius 1 is 0.696 bits per heavy atom. The van der Waals surface area contributed by atoms with Crippen molar-refractivity contribution in [2.24, 2.45) is 11.8 Å². The molecule has 0 rings (SSSR count). The summed E-state index contributed by atoms with van der Waals surface area (Å²) in [6.07, 6.45) is 18.4. The van der Waals surface area contributed by atoms with Gasteiger partial charge in [-0.25, -0.2) is 4.39 Å². The van der Waals surface area contributed by atoms with Gasteiger partial charge in [0.05, 0.1) is 0 Å². The summed E-state index contributed by atoms with van der Waals surface area (Å²) in [5, 5.41) is 0. The van der Waals surface area contributed by atoms with Gasteiger partial charge in [0.1, 0.15) is 6.17 Å². The van der Waals surface area contributed by atoms with Crippen LogP contribution in [0.1, 0.15) is 97.3 Å². The van der Waals surface area contributed by atoms with E-state index in [0.717, 1.165) is 32.1 Å². The van der Waals surface area contributed by atoms with Crippen LogP contribution in [0.4, 0.5) is 4.39 Å². The van der Waals surface area contributed by atoms with E-state index in [1.807, 2.05) is 6.08 Å². The zero-order chi connectivity index (χ0) is 17.3. The Balaban J connectivity index is 3.82. The molecule has 0 amide bonds. The molecular formula is C22H41F. The van der Waals surface area contributed by atoms with Crippen molar-refractivity contribution < 1.29 is 4.39 Å². The number of rotatable bonds is 17. The van der Waals surface area contributed by atoms with E-state index in [1.54, 1.807) is 0 Å². The molecule has 0 nitrogen and oxygen atoms in total. The molecule has 23 heavy (non-hydrogen) atoms. The van der Waals surface area contributed by atoms with Crippen LogP contribution in [-0.4, -0.2) is 6.17 Å². The lowest BCUT2D eigenvalue weighted by Gasteiger charge is -2.18. The monoisotopic (exact) mass is 324 g/mol. The highest BCUT2D eigenvalue weighted by atomic mass is 19.1. The maximum atomic E-state index is 14.2. The van der Waals surface area contributed by atoms with Gasteiger partial charge in [0.2, 0.25) is 0 Å². The first-order valence-electron chi connectivity index (χ1n) is 10.1. The SMILES string of the molecule is C=CC(CCCCCC)CCCCC(C=C)C(F)CCCCC. The minimum Gasteiger partial charge on any atom is -0.247 e. The topological polar surface area (TPSA) is 0 Å². The zero-order valence-corrected chi connectivity index (χ0v) is 15.9. The van der Waals surface area contributed by atoms with Crippen LogP contribution in [0.25, 0.3) is 0 Å². The largest absolute Gasteiger partial charge is 0.247 e. The summed E-state index contributed by atoms with van der Waals surface area (Å²) < 4.78 is 14.2. The summed E-state index contributed by atoms with van der Waals surface area (Å²) in [4.78, 5) is 0. The molecule has 0 aliphatic carbocycles. The Bertz CT molecular complexity index is 271. The molecular weight excluding hydrogens is 283 g/mol. The van der Waals surface area contributed by atoms with Crippen molar-refractivity contribution >= 4 is 0 Å². The van der Waals surface area contributed by atoms with E-state index in [2.05, 4.69) is 33.1 Å². The van der Waals surface area contributed by atoms with Gasteiger partial charge in [-0.2, -0.15) is 0 Å². The first kappa shape index (κ1) is 22.4. The molecule has 136 valence electrons. The predicted octanol–water partition coefficient (Wildman–Crippen LogP) is 8.04. The lowest BCUT2D eigenvalue weighted by Crippen LogP contribution is -2.13. The molecule has 0 aromatic carbocycles. The standard InChI is InChI=1S/C22H41F/c1-5-9-11-13-16-20(7-3)17-14-15-18-21(8-4)22(23)19-12-10-6-2/h7-8,20-22H,3-6,9-19H2,1-2H3. The van der Waals surface area contributed by atoms with Crippen LogP contribution in [0.2, 0.25) is 0 Å². The number of halogens is 1. The van der Waals surface area contributed by atoms with Crippen molar-refractivity contribution in [3.63, 3.8) is 0 Å². The lowest BCUT2D eigenvalue weighted by molar-refractivity contribution is 0.228. The molecule has 0 saturated heterocycles. The second-order valence-corrected chi connectivity index (χ2v) is 7.04. The molecule has 1 heteroatoms. The molecule has 0 aromatic rings. The van der Waals surface area contributed by atoms with Gasteiger partial charge in [0, 0.05) is 5.92 Å². The Morgan fingerprint density at radius 2 is 1.22 bits per heavy atom. The third kappa shape index (κ3) is 12.5. The minimum absolute atomic E-state index is 0.0543. The summed E-state index contributed by atoms with van der Waals surface area (Å²) >= 11 is 0. The van der Waals surface area contributed by atoms with Gasteiger partial charge in [0.25, 0.3) is 0 Å². The van der Waals surface area contributed by atoms with Gasteiger partial charge in [-0.05, 0) is 31.6 Å². The van der Waals surface area contributed by atoms with E-state index in [1.165, 1.54) is 44.9 Å². The minimum atomic E-state index is -0.691. The number of allylic oxidation sites excluding steroid dienone is 2. The fraction of sp³-hybridized carbons (Fsp3) is 0.818. The smallest absolute Gasteiger partial charge is 0.106 e. The second kappa shape index (κ2) is 16.3. The Morgan fingerprint density at radius 3 is 1.78 bits per heavy atom. The molecule has 3 unspecified atom stereocenters. The van der Waals surface area contributed by atoms with Gasteiger partial charge in [-0.15, -0.1) is 13.2 Å². The fourth-order valence-electron chi connectivity index (χ4n) is 3.25. The summed E-state index contributed by atoms with van der Waals surface area (Å²) in [7, 11) is 0. The van der Waals surface area contributed by atoms with E-state index < -0.39 is 6.17 Å². The van der Waals surface area contributed by atoms with Crippen LogP contribution in [-0.2, 0) is 0 Å². The molecule has 0 fully saturated rings. The highest BCUT2D eigenvalue weighted by molar-refractivity contribution is 4.85. The normalized spacial score (nSPS) is 15.1.